The molecule has 1 heterocycles. The molecule has 0 saturated heterocycles. The fraction of sp³-hybridized carbons (Fsp3) is 0.643. The van der Waals surface area contributed by atoms with Crippen LogP contribution in [0.1, 0.15) is 39.0 Å². The zero-order chi connectivity index (χ0) is 13.0. The molecule has 0 unspecified atom stereocenters. The third-order valence-electron chi connectivity index (χ3n) is 2.63. The summed E-state index contributed by atoms with van der Waals surface area (Å²) in [6, 6.07) is 4.60. The van der Waals surface area contributed by atoms with Gasteiger partial charge in [-0.15, -0.1) is 11.6 Å². The van der Waals surface area contributed by atoms with Crippen LogP contribution in [0.25, 0.3) is 0 Å². The molecule has 0 fully saturated rings. The Morgan fingerprint density at radius 1 is 1.24 bits per heavy atom. The van der Waals surface area contributed by atoms with E-state index >= 15 is 0 Å². The summed E-state index contributed by atoms with van der Waals surface area (Å²) in [5.41, 5.74) is 2.18. The van der Waals surface area contributed by atoms with Gasteiger partial charge in [0.25, 0.3) is 0 Å². The highest BCUT2D eigenvalue weighted by atomic mass is 35.5. The van der Waals surface area contributed by atoms with Crippen LogP contribution in [0, 0.1) is 12.8 Å². The van der Waals surface area contributed by atoms with Gasteiger partial charge < -0.3 is 4.90 Å². The van der Waals surface area contributed by atoms with Gasteiger partial charge in [0.2, 0.25) is 0 Å². The van der Waals surface area contributed by atoms with Crippen LogP contribution in [0.2, 0.25) is 0 Å². The van der Waals surface area contributed by atoms with E-state index in [0.29, 0.717) is 17.8 Å². The van der Waals surface area contributed by atoms with Crippen molar-refractivity contribution in [2.24, 2.45) is 5.92 Å². The quantitative estimate of drug-likeness (QED) is 0.739. The zero-order valence-electron chi connectivity index (χ0n) is 11.5. The minimum atomic E-state index is 0.454. The standard InChI is InChI=1S/C14H23ClN2/c1-10(2)9-17(11(3)4)14-7-13(8-15)6-12(5)16-14/h6-7,10-11H,8-9H2,1-5H3. The Morgan fingerprint density at radius 3 is 2.35 bits per heavy atom. The number of hydrogen-bond acceptors (Lipinski definition) is 2. The first-order valence-corrected chi connectivity index (χ1v) is 6.77. The van der Waals surface area contributed by atoms with Crippen molar-refractivity contribution >= 4 is 17.4 Å². The molecule has 2 nitrogen and oxygen atoms in total. The highest BCUT2D eigenvalue weighted by Crippen LogP contribution is 2.20. The van der Waals surface area contributed by atoms with Crippen LogP contribution in [-0.2, 0) is 5.88 Å². The summed E-state index contributed by atoms with van der Waals surface area (Å²) in [5.74, 6) is 2.22. The van der Waals surface area contributed by atoms with Gasteiger partial charge in [-0.3, -0.25) is 0 Å². The lowest BCUT2D eigenvalue weighted by Gasteiger charge is -2.30. The summed E-state index contributed by atoms with van der Waals surface area (Å²) < 4.78 is 0. The Morgan fingerprint density at radius 2 is 1.88 bits per heavy atom. The molecule has 0 aliphatic rings. The van der Waals surface area contributed by atoms with E-state index < -0.39 is 0 Å². The lowest BCUT2D eigenvalue weighted by atomic mass is 10.1. The first-order chi connectivity index (χ1) is 7.93. The highest BCUT2D eigenvalue weighted by Gasteiger charge is 2.14. The van der Waals surface area contributed by atoms with Crippen molar-refractivity contribution in [2.75, 3.05) is 11.4 Å². The molecular formula is C14H23ClN2. The fourth-order valence-corrected chi connectivity index (χ4v) is 2.06. The summed E-state index contributed by atoms with van der Waals surface area (Å²) >= 11 is 5.91. The monoisotopic (exact) mass is 254 g/mol. The molecule has 0 aliphatic heterocycles. The molecule has 0 spiro atoms. The topological polar surface area (TPSA) is 16.1 Å². The van der Waals surface area contributed by atoms with Crippen molar-refractivity contribution in [1.29, 1.82) is 0 Å². The van der Waals surface area contributed by atoms with E-state index in [1.54, 1.807) is 0 Å². The highest BCUT2D eigenvalue weighted by molar-refractivity contribution is 6.17. The largest absolute Gasteiger partial charge is 0.354 e. The number of hydrogen-bond donors (Lipinski definition) is 0. The van der Waals surface area contributed by atoms with Crippen molar-refractivity contribution in [3.8, 4) is 0 Å². The maximum Gasteiger partial charge on any atom is 0.129 e. The maximum absolute atomic E-state index is 5.91. The lowest BCUT2D eigenvalue weighted by molar-refractivity contribution is 0.565. The Hall–Kier alpha value is -0.760. The van der Waals surface area contributed by atoms with Crippen molar-refractivity contribution in [1.82, 2.24) is 4.98 Å². The first kappa shape index (κ1) is 14.3. The van der Waals surface area contributed by atoms with E-state index in [-0.39, 0.29) is 0 Å². The molecule has 1 rings (SSSR count). The fourth-order valence-electron chi connectivity index (χ4n) is 1.91. The van der Waals surface area contributed by atoms with Gasteiger partial charge in [0.05, 0.1) is 0 Å². The molecule has 0 aromatic carbocycles. The van der Waals surface area contributed by atoms with Crippen LogP contribution in [0.15, 0.2) is 12.1 Å². The van der Waals surface area contributed by atoms with Crippen LogP contribution in [-0.4, -0.2) is 17.6 Å². The van der Waals surface area contributed by atoms with E-state index in [2.05, 4.69) is 43.6 Å². The third-order valence-corrected chi connectivity index (χ3v) is 2.94. The normalized spacial score (nSPS) is 11.3. The Kier molecular flexibility index (Phi) is 5.26. The molecule has 0 atom stereocenters. The number of anilines is 1. The predicted octanol–water partition coefficient (Wildman–Crippen LogP) is 4.00. The zero-order valence-corrected chi connectivity index (χ0v) is 12.3. The van der Waals surface area contributed by atoms with Crippen molar-refractivity contribution in [3.05, 3.63) is 23.4 Å². The van der Waals surface area contributed by atoms with Crippen LogP contribution in [0.5, 0.6) is 0 Å². The molecule has 0 N–H and O–H groups in total. The number of alkyl halides is 1. The third kappa shape index (κ3) is 4.19. The molecule has 1 aromatic rings. The molecule has 1 aromatic heterocycles. The van der Waals surface area contributed by atoms with Crippen LogP contribution in [0.3, 0.4) is 0 Å². The smallest absolute Gasteiger partial charge is 0.129 e. The van der Waals surface area contributed by atoms with Gasteiger partial charge in [-0.2, -0.15) is 0 Å². The molecule has 0 amide bonds. The molecule has 17 heavy (non-hydrogen) atoms. The van der Waals surface area contributed by atoms with E-state index in [4.69, 9.17) is 11.6 Å². The number of halogens is 1. The van der Waals surface area contributed by atoms with Gasteiger partial charge in [-0.05, 0) is 44.4 Å². The average Bonchev–Trinajstić information content (AvgIpc) is 2.24. The SMILES string of the molecule is Cc1cc(CCl)cc(N(CC(C)C)C(C)C)n1. The number of nitrogens with zero attached hydrogens (tertiary/aromatic N) is 2. The van der Waals surface area contributed by atoms with Gasteiger partial charge in [-0.1, -0.05) is 13.8 Å². The molecular weight excluding hydrogens is 232 g/mol. The first-order valence-electron chi connectivity index (χ1n) is 6.24. The average molecular weight is 255 g/mol. The summed E-state index contributed by atoms with van der Waals surface area (Å²) in [6.45, 7) is 11.9. The van der Waals surface area contributed by atoms with Crippen molar-refractivity contribution < 1.29 is 0 Å². The summed E-state index contributed by atoms with van der Waals surface area (Å²) in [4.78, 5) is 6.96. The van der Waals surface area contributed by atoms with Gasteiger partial charge in [0.15, 0.2) is 0 Å². The number of aromatic nitrogens is 1. The van der Waals surface area contributed by atoms with Crippen LogP contribution in [0.4, 0.5) is 5.82 Å². The second-order valence-corrected chi connectivity index (χ2v) is 5.52. The summed E-state index contributed by atoms with van der Waals surface area (Å²) in [7, 11) is 0. The van der Waals surface area contributed by atoms with E-state index in [1.165, 1.54) is 0 Å². The molecule has 0 bridgehead atoms. The Bertz CT molecular complexity index is 361. The molecule has 0 saturated carbocycles. The minimum Gasteiger partial charge on any atom is -0.354 e. The number of pyridine rings is 1. The van der Waals surface area contributed by atoms with Crippen LogP contribution >= 0.6 is 11.6 Å². The molecule has 96 valence electrons. The molecule has 0 aliphatic carbocycles. The second kappa shape index (κ2) is 6.25. The summed E-state index contributed by atoms with van der Waals surface area (Å²) in [6.07, 6.45) is 0. The van der Waals surface area contributed by atoms with Crippen molar-refractivity contribution in [3.63, 3.8) is 0 Å². The summed E-state index contributed by atoms with van der Waals surface area (Å²) in [5, 5.41) is 0. The van der Waals surface area contributed by atoms with E-state index in [1.807, 2.05) is 13.0 Å². The molecule has 3 heteroatoms. The maximum atomic E-state index is 5.91. The minimum absolute atomic E-state index is 0.454. The van der Waals surface area contributed by atoms with Gasteiger partial charge in [-0.25, -0.2) is 4.98 Å². The molecule has 0 radical (unpaired) electrons. The lowest BCUT2D eigenvalue weighted by Crippen LogP contribution is -2.35. The van der Waals surface area contributed by atoms with E-state index in [0.717, 1.165) is 23.6 Å². The Balaban J connectivity index is 3.04. The van der Waals surface area contributed by atoms with Gasteiger partial charge >= 0.3 is 0 Å². The van der Waals surface area contributed by atoms with Crippen LogP contribution < -0.4 is 4.90 Å². The predicted molar refractivity (Wildman–Crippen MR) is 75.9 cm³/mol. The van der Waals surface area contributed by atoms with Gasteiger partial charge in [0.1, 0.15) is 5.82 Å². The number of aryl methyl sites for hydroxylation is 1. The van der Waals surface area contributed by atoms with Crippen molar-refractivity contribution in [2.45, 2.75) is 46.5 Å². The van der Waals surface area contributed by atoms with E-state index in [9.17, 15) is 0 Å². The number of rotatable bonds is 5. The second-order valence-electron chi connectivity index (χ2n) is 5.25. The van der Waals surface area contributed by atoms with Gasteiger partial charge in [0, 0.05) is 24.2 Å². The Labute approximate surface area is 110 Å².